The number of hydrogen-bond acceptors (Lipinski definition) is 3. The van der Waals surface area contributed by atoms with E-state index < -0.39 is 17.7 Å². The zero-order valence-electron chi connectivity index (χ0n) is 11.0. The van der Waals surface area contributed by atoms with Gasteiger partial charge >= 0.3 is 0 Å². The summed E-state index contributed by atoms with van der Waals surface area (Å²) < 4.78 is 32.0. The Bertz CT molecular complexity index is 428. The molecule has 3 nitrogen and oxygen atoms in total. The highest BCUT2D eigenvalue weighted by Gasteiger charge is 2.23. The van der Waals surface area contributed by atoms with E-state index in [-0.39, 0.29) is 11.7 Å². The third-order valence-corrected chi connectivity index (χ3v) is 3.57. The van der Waals surface area contributed by atoms with E-state index in [0.29, 0.717) is 13.1 Å². The molecular weight excluding hydrogens is 252 g/mol. The number of aliphatic hydroxyl groups is 1. The van der Waals surface area contributed by atoms with Crippen molar-refractivity contribution in [3.63, 3.8) is 0 Å². The third-order valence-electron chi connectivity index (χ3n) is 3.57. The van der Waals surface area contributed by atoms with Gasteiger partial charge in [0.2, 0.25) is 0 Å². The molecule has 0 aliphatic carbocycles. The summed E-state index contributed by atoms with van der Waals surface area (Å²) in [6.07, 6.45) is 1.11. The molecule has 2 unspecified atom stereocenters. The van der Waals surface area contributed by atoms with Crippen molar-refractivity contribution >= 4 is 0 Å². The van der Waals surface area contributed by atoms with Gasteiger partial charge < -0.3 is 9.84 Å². The van der Waals surface area contributed by atoms with Gasteiger partial charge in [0.25, 0.3) is 0 Å². The van der Waals surface area contributed by atoms with E-state index in [0.717, 1.165) is 25.5 Å². The van der Waals surface area contributed by atoms with Crippen molar-refractivity contribution in [3.05, 3.63) is 35.4 Å². The lowest BCUT2D eigenvalue weighted by molar-refractivity contribution is 0.0121. The van der Waals surface area contributed by atoms with Crippen LogP contribution in [0, 0.1) is 11.6 Å². The van der Waals surface area contributed by atoms with Crippen LogP contribution in [0.15, 0.2) is 18.2 Å². The van der Waals surface area contributed by atoms with Crippen LogP contribution >= 0.6 is 0 Å². The van der Waals surface area contributed by atoms with E-state index in [4.69, 9.17) is 4.74 Å². The fourth-order valence-corrected chi connectivity index (χ4v) is 2.49. The molecule has 0 aromatic heterocycles. The molecule has 0 radical (unpaired) electrons. The number of rotatable bonds is 4. The number of β-amino-alcohol motifs (C(OH)–C–C–N with tert-alkyl or cyclic N) is 1. The normalized spacial score (nSPS) is 22.4. The second-order valence-corrected chi connectivity index (χ2v) is 4.92. The number of piperidine rings is 1. The second-order valence-electron chi connectivity index (χ2n) is 4.92. The van der Waals surface area contributed by atoms with Crippen LogP contribution in [0.5, 0.6) is 0 Å². The van der Waals surface area contributed by atoms with Gasteiger partial charge in [-0.25, -0.2) is 8.78 Å². The number of hydrogen-bond donors (Lipinski definition) is 1. The van der Waals surface area contributed by atoms with Crippen molar-refractivity contribution in [1.29, 1.82) is 0 Å². The lowest BCUT2D eigenvalue weighted by Gasteiger charge is -2.33. The Morgan fingerprint density at radius 1 is 1.47 bits per heavy atom. The van der Waals surface area contributed by atoms with Gasteiger partial charge in [-0.2, -0.15) is 0 Å². The second kappa shape index (κ2) is 6.41. The van der Waals surface area contributed by atoms with Gasteiger partial charge in [-0.05, 0) is 25.5 Å². The molecule has 1 aliphatic heterocycles. The topological polar surface area (TPSA) is 32.7 Å². The molecule has 0 spiro atoms. The molecular formula is C14H19F2NO2. The van der Waals surface area contributed by atoms with Gasteiger partial charge in [-0.1, -0.05) is 12.1 Å². The molecule has 1 fully saturated rings. The van der Waals surface area contributed by atoms with Gasteiger partial charge in [-0.3, -0.25) is 4.90 Å². The molecule has 19 heavy (non-hydrogen) atoms. The number of halogens is 2. The maximum atomic E-state index is 13.6. The van der Waals surface area contributed by atoms with Crippen molar-refractivity contribution in [3.8, 4) is 0 Å². The first-order valence-corrected chi connectivity index (χ1v) is 6.49. The lowest BCUT2D eigenvalue weighted by atomic mass is 10.0. The Labute approximate surface area is 111 Å². The monoisotopic (exact) mass is 271 g/mol. The van der Waals surface area contributed by atoms with Crippen molar-refractivity contribution in [1.82, 2.24) is 4.90 Å². The maximum Gasteiger partial charge on any atom is 0.164 e. The average Bonchev–Trinajstić information content (AvgIpc) is 2.42. The van der Waals surface area contributed by atoms with Gasteiger partial charge in [0.1, 0.15) is 0 Å². The van der Waals surface area contributed by atoms with E-state index in [1.54, 1.807) is 7.11 Å². The molecule has 5 heteroatoms. The van der Waals surface area contributed by atoms with Crippen molar-refractivity contribution < 1.29 is 18.6 Å². The fourth-order valence-electron chi connectivity index (χ4n) is 2.49. The molecule has 106 valence electrons. The first kappa shape index (κ1) is 14.4. The quantitative estimate of drug-likeness (QED) is 0.910. The average molecular weight is 271 g/mol. The summed E-state index contributed by atoms with van der Waals surface area (Å²) >= 11 is 0. The standard InChI is InChI=1S/C14H19F2NO2/c1-19-10-4-3-7-17(8-10)9-13(18)11-5-2-6-12(15)14(11)16/h2,5-6,10,13,18H,3-4,7-9H2,1H3. The Balaban J connectivity index is 2.00. The highest BCUT2D eigenvalue weighted by Crippen LogP contribution is 2.22. The van der Waals surface area contributed by atoms with Crippen LogP contribution in [0.1, 0.15) is 24.5 Å². The predicted molar refractivity (Wildman–Crippen MR) is 67.8 cm³/mol. The van der Waals surface area contributed by atoms with E-state index >= 15 is 0 Å². The van der Waals surface area contributed by atoms with Crippen LogP contribution in [-0.4, -0.2) is 42.9 Å². The van der Waals surface area contributed by atoms with Crippen LogP contribution in [-0.2, 0) is 4.74 Å². The molecule has 1 saturated heterocycles. The smallest absolute Gasteiger partial charge is 0.164 e. The maximum absolute atomic E-state index is 13.6. The summed E-state index contributed by atoms with van der Waals surface area (Å²) in [5.41, 5.74) is 0.0135. The summed E-state index contributed by atoms with van der Waals surface area (Å²) in [7, 11) is 1.66. The SMILES string of the molecule is COC1CCCN(CC(O)c2cccc(F)c2F)C1. The van der Waals surface area contributed by atoms with Crippen LogP contribution in [0.3, 0.4) is 0 Å². The minimum atomic E-state index is -1.02. The molecule has 0 amide bonds. The number of likely N-dealkylation sites (tertiary alicyclic amines) is 1. The van der Waals surface area contributed by atoms with Gasteiger partial charge in [0.15, 0.2) is 11.6 Å². The van der Waals surface area contributed by atoms with Gasteiger partial charge in [0.05, 0.1) is 12.2 Å². The lowest BCUT2D eigenvalue weighted by Crippen LogP contribution is -2.41. The largest absolute Gasteiger partial charge is 0.387 e. The van der Waals surface area contributed by atoms with Gasteiger partial charge in [-0.15, -0.1) is 0 Å². The first-order chi connectivity index (χ1) is 9.11. The molecule has 0 bridgehead atoms. The molecule has 0 saturated carbocycles. The number of nitrogens with zero attached hydrogens (tertiary/aromatic N) is 1. The summed E-state index contributed by atoms with van der Waals surface area (Å²) in [4.78, 5) is 2.02. The fraction of sp³-hybridized carbons (Fsp3) is 0.571. The highest BCUT2D eigenvalue weighted by molar-refractivity contribution is 5.21. The van der Waals surface area contributed by atoms with Crippen LogP contribution in [0.2, 0.25) is 0 Å². The number of ether oxygens (including phenoxy) is 1. The van der Waals surface area contributed by atoms with Crippen molar-refractivity contribution in [2.45, 2.75) is 25.0 Å². The van der Waals surface area contributed by atoms with Crippen molar-refractivity contribution in [2.24, 2.45) is 0 Å². The summed E-state index contributed by atoms with van der Waals surface area (Å²) in [5, 5.41) is 10.0. The molecule has 1 aromatic carbocycles. The molecule has 1 aliphatic rings. The Hall–Kier alpha value is -1.04. The van der Waals surface area contributed by atoms with Crippen molar-refractivity contribution in [2.75, 3.05) is 26.7 Å². The predicted octanol–water partition coefficient (Wildman–Crippen LogP) is 2.11. The number of methoxy groups -OCH3 is 1. The van der Waals surface area contributed by atoms with E-state index in [1.807, 2.05) is 4.90 Å². The Kier molecular flexibility index (Phi) is 4.85. The third kappa shape index (κ3) is 3.49. The molecule has 2 rings (SSSR count). The van der Waals surface area contributed by atoms with E-state index in [2.05, 4.69) is 0 Å². The van der Waals surface area contributed by atoms with E-state index in [1.165, 1.54) is 12.1 Å². The minimum absolute atomic E-state index is 0.0135. The summed E-state index contributed by atoms with van der Waals surface area (Å²) in [6.45, 7) is 1.85. The van der Waals surface area contributed by atoms with Crippen LogP contribution in [0.4, 0.5) is 8.78 Å². The molecule has 1 N–H and O–H groups in total. The first-order valence-electron chi connectivity index (χ1n) is 6.49. The van der Waals surface area contributed by atoms with Gasteiger partial charge in [0, 0.05) is 25.8 Å². The summed E-state index contributed by atoms with van der Waals surface area (Å²) in [6, 6.07) is 3.87. The van der Waals surface area contributed by atoms with Crippen LogP contribution in [0.25, 0.3) is 0 Å². The minimum Gasteiger partial charge on any atom is -0.387 e. The molecule has 1 aromatic rings. The highest BCUT2D eigenvalue weighted by atomic mass is 19.2. The number of benzene rings is 1. The Morgan fingerprint density at radius 3 is 3.00 bits per heavy atom. The zero-order valence-corrected chi connectivity index (χ0v) is 11.0. The molecule has 1 heterocycles. The number of aliphatic hydroxyl groups excluding tert-OH is 1. The molecule has 2 atom stereocenters. The van der Waals surface area contributed by atoms with Crippen LogP contribution < -0.4 is 0 Å². The zero-order chi connectivity index (χ0) is 13.8. The Morgan fingerprint density at radius 2 is 2.26 bits per heavy atom. The summed E-state index contributed by atoms with van der Waals surface area (Å²) in [5.74, 6) is -1.89. The van der Waals surface area contributed by atoms with E-state index in [9.17, 15) is 13.9 Å².